The third-order valence-electron chi connectivity index (χ3n) is 2.99. The van der Waals surface area contributed by atoms with Gasteiger partial charge in [-0.05, 0) is 31.0 Å². The lowest BCUT2D eigenvalue weighted by Crippen LogP contribution is -2.24. The largest absolute Gasteiger partial charge is 0.350 e. The number of rotatable bonds is 3. The van der Waals surface area contributed by atoms with Gasteiger partial charge in [-0.25, -0.2) is 0 Å². The van der Waals surface area contributed by atoms with Crippen molar-refractivity contribution in [1.82, 2.24) is 10.3 Å². The molecule has 2 aromatic rings. The van der Waals surface area contributed by atoms with Crippen LogP contribution in [0.3, 0.4) is 0 Å². The summed E-state index contributed by atoms with van der Waals surface area (Å²) >= 11 is 0. The zero-order valence-electron chi connectivity index (χ0n) is 10.6. The first-order chi connectivity index (χ1) is 8.67. The molecule has 1 amide bonds. The number of terminal acetylenes is 1. The number of aromatic nitrogens is 1. The van der Waals surface area contributed by atoms with Crippen molar-refractivity contribution < 1.29 is 4.79 Å². The number of hydrogen-bond acceptors (Lipinski definition) is 1. The van der Waals surface area contributed by atoms with Gasteiger partial charge in [0.1, 0.15) is 5.69 Å². The molecule has 3 heteroatoms. The lowest BCUT2D eigenvalue weighted by atomic mass is 10.1. The van der Waals surface area contributed by atoms with Crippen molar-refractivity contribution in [3.8, 4) is 12.3 Å². The molecule has 2 N–H and O–H groups in total. The van der Waals surface area contributed by atoms with Crippen LogP contribution in [0.25, 0.3) is 10.9 Å². The number of benzene rings is 1. The predicted molar refractivity (Wildman–Crippen MR) is 73.6 cm³/mol. The van der Waals surface area contributed by atoms with Crippen LogP contribution in [0.15, 0.2) is 18.2 Å². The summed E-state index contributed by atoms with van der Waals surface area (Å²) in [6, 6.07) is 6.13. The van der Waals surface area contributed by atoms with E-state index in [2.05, 4.69) is 22.3 Å². The third-order valence-corrected chi connectivity index (χ3v) is 2.99. The van der Waals surface area contributed by atoms with Crippen LogP contribution in [0.1, 0.15) is 28.5 Å². The highest BCUT2D eigenvalue weighted by Gasteiger charge is 2.15. The molecule has 0 aliphatic rings. The van der Waals surface area contributed by atoms with Crippen LogP contribution in [0.4, 0.5) is 0 Å². The zero-order chi connectivity index (χ0) is 13.1. The number of H-pyrrole nitrogens is 1. The van der Waals surface area contributed by atoms with E-state index in [0.717, 1.165) is 22.9 Å². The average Bonchev–Trinajstić information content (AvgIpc) is 2.73. The van der Waals surface area contributed by atoms with Crippen LogP contribution >= 0.6 is 0 Å². The number of carbonyl (C=O) groups excluding carboxylic acids is 1. The molecule has 0 atom stereocenters. The minimum absolute atomic E-state index is 0.140. The molecule has 0 aliphatic heterocycles. The molecule has 1 aromatic heterocycles. The molecule has 3 nitrogen and oxygen atoms in total. The summed E-state index contributed by atoms with van der Waals surface area (Å²) < 4.78 is 0. The van der Waals surface area contributed by atoms with Crippen molar-refractivity contribution in [2.24, 2.45) is 0 Å². The Hall–Kier alpha value is -2.21. The maximum Gasteiger partial charge on any atom is 0.268 e. The first-order valence-electron chi connectivity index (χ1n) is 6.00. The summed E-state index contributed by atoms with van der Waals surface area (Å²) in [5, 5.41) is 3.81. The monoisotopic (exact) mass is 240 g/mol. The van der Waals surface area contributed by atoms with Crippen molar-refractivity contribution in [2.45, 2.75) is 20.3 Å². The van der Waals surface area contributed by atoms with Gasteiger partial charge < -0.3 is 10.3 Å². The lowest BCUT2D eigenvalue weighted by molar-refractivity contribution is 0.0953. The number of hydrogen-bond donors (Lipinski definition) is 2. The quantitative estimate of drug-likeness (QED) is 0.795. The zero-order valence-corrected chi connectivity index (χ0v) is 10.6. The first-order valence-corrected chi connectivity index (χ1v) is 6.00. The minimum Gasteiger partial charge on any atom is -0.350 e. The number of fused-ring (bicyclic) bond motifs is 1. The van der Waals surface area contributed by atoms with E-state index in [1.165, 1.54) is 5.56 Å². The number of aromatic amines is 1. The number of carbonyl (C=O) groups is 1. The first kappa shape index (κ1) is 12.3. The van der Waals surface area contributed by atoms with Gasteiger partial charge in [-0.15, -0.1) is 6.42 Å². The van der Waals surface area contributed by atoms with E-state index in [0.29, 0.717) is 5.69 Å². The second kappa shape index (κ2) is 4.97. The molecule has 2 rings (SSSR count). The molecule has 0 saturated carbocycles. The van der Waals surface area contributed by atoms with Crippen molar-refractivity contribution in [3.05, 3.63) is 35.0 Å². The van der Waals surface area contributed by atoms with Crippen LogP contribution in [0.2, 0.25) is 0 Å². The molecule has 0 radical (unpaired) electrons. The molecule has 92 valence electrons. The number of nitrogens with one attached hydrogen (secondary N) is 2. The Labute approximate surface area is 107 Å². The Morgan fingerprint density at radius 1 is 1.50 bits per heavy atom. The second-order valence-electron chi connectivity index (χ2n) is 4.27. The summed E-state index contributed by atoms with van der Waals surface area (Å²) in [6.07, 6.45) is 5.95. The van der Waals surface area contributed by atoms with Gasteiger partial charge in [0, 0.05) is 10.9 Å². The fourth-order valence-electron chi connectivity index (χ4n) is 2.14. The van der Waals surface area contributed by atoms with E-state index in [1.54, 1.807) is 0 Å². The molecule has 18 heavy (non-hydrogen) atoms. The van der Waals surface area contributed by atoms with Gasteiger partial charge in [-0.1, -0.05) is 24.5 Å². The van der Waals surface area contributed by atoms with E-state index in [1.807, 2.05) is 26.0 Å². The van der Waals surface area contributed by atoms with Crippen LogP contribution in [0.5, 0.6) is 0 Å². The van der Waals surface area contributed by atoms with Crippen LogP contribution < -0.4 is 5.32 Å². The number of aryl methyl sites for hydroxylation is 2. The highest BCUT2D eigenvalue weighted by atomic mass is 16.1. The van der Waals surface area contributed by atoms with Gasteiger partial charge in [0.25, 0.3) is 5.91 Å². The van der Waals surface area contributed by atoms with Gasteiger partial charge in [-0.2, -0.15) is 0 Å². The highest BCUT2D eigenvalue weighted by Crippen LogP contribution is 2.24. The minimum atomic E-state index is -0.140. The summed E-state index contributed by atoms with van der Waals surface area (Å²) in [5.74, 6) is 2.26. The van der Waals surface area contributed by atoms with Crippen molar-refractivity contribution in [1.29, 1.82) is 0 Å². The SMILES string of the molecule is C#CCNC(=O)c1[nH]c2ccc(C)cc2c1CC. The molecule has 0 unspecified atom stereocenters. The smallest absolute Gasteiger partial charge is 0.268 e. The fourth-order valence-corrected chi connectivity index (χ4v) is 2.14. The molecule has 0 aliphatic carbocycles. The maximum absolute atomic E-state index is 12.0. The normalized spacial score (nSPS) is 10.3. The van der Waals surface area contributed by atoms with Gasteiger partial charge in [0.15, 0.2) is 0 Å². The maximum atomic E-state index is 12.0. The Kier molecular flexibility index (Phi) is 3.38. The lowest BCUT2D eigenvalue weighted by Gasteiger charge is -2.02. The topological polar surface area (TPSA) is 44.9 Å². The van der Waals surface area contributed by atoms with Gasteiger partial charge in [0.05, 0.1) is 6.54 Å². The van der Waals surface area contributed by atoms with Gasteiger partial charge >= 0.3 is 0 Å². The highest BCUT2D eigenvalue weighted by molar-refractivity contribution is 6.01. The molecular weight excluding hydrogens is 224 g/mol. The molecule has 0 saturated heterocycles. The van der Waals surface area contributed by atoms with Crippen molar-refractivity contribution in [3.63, 3.8) is 0 Å². The van der Waals surface area contributed by atoms with Crippen LogP contribution in [0, 0.1) is 19.3 Å². The second-order valence-corrected chi connectivity index (χ2v) is 4.27. The molecule has 1 aromatic carbocycles. The van der Waals surface area contributed by atoms with Crippen LogP contribution in [-0.4, -0.2) is 17.4 Å². The van der Waals surface area contributed by atoms with E-state index >= 15 is 0 Å². The third kappa shape index (κ3) is 2.10. The Bertz CT molecular complexity index is 632. The van der Waals surface area contributed by atoms with Crippen molar-refractivity contribution in [2.75, 3.05) is 6.54 Å². The molecule has 0 spiro atoms. The van der Waals surface area contributed by atoms with Gasteiger partial charge in [0.2, 0.25) is 0 Å². The molecular formula is C15H16N2O. The van der Waals surface area contributed by atoms with E-state index in [-0.39, 0.29) is 12.5 Å². The Morgan fingerprint density at radius 2 is 2.28 bits per heavy atom. The van der Waals surface area contributed by atoms with Gasteiger partial charge in [-0.3, -0.25) is 4.79 Å². The molecule has 1 heterocycles. The van der Waals surface area contributed by atoms with Crippen LogP contribution in [-0.2, 0) is 6.42 Å². The average molecular weight is 240 g/mol. The molecule has 0 fully saturated rings. The summed E-state index contributed by atoms with van der Waals surface area (Å²) in [5.41, 5.74) is 3.84. The van der Waals surface area contributed by atoms with E-state index < -0.39 is 0 Å². The van der Waals surface area contributed by atoms with E-state index in [9.17, 15) is 4.79 Å². The fraction of sp³-hybridized carbons (Fsp3) is 0.267. The molecule has 0 bridgehead atoms. The van der Waals surface area contributed by atoms with E-state index in [4.69, 9.17) is 6.42 Å². The van der Waals surface area contributed by atoms with Crippen molar-refractivity contribution >= 4 is 16.8 Å². The summed E-state index contributed by atoms with van der Waals surface area (Å²) in [6.45, 7) is 4.34. The summed E-state index contributed by atoms with van der Waals surface area (Å²) in [4.78, 5) is 15.2. The number of amides is 1. The standard InChI is InChI=1S/C15H16N2O/c1-4-8-16-15(18)14-11(5-2)12-9-10(3)6-7-13(12)17-14/h1,6-7,9,17H,5,8H2,2-3H3,(H,16,18). The Morgan fingerprint density at radius 3 is 2.94 bits per heavy atom. The predicted octanol–water partition coefficient (Wildman–Crippen LogP) is 2.40. The summed E-state index contributed by atoms with van der Waals surface area (Å²) in [7, 11) is 0. The Balaban J connectivity index is 2.51.